The van der Waals surface area contributed by atoms with Gasteiger partial charge >= 0.3 is 5.97 Å². The van der Waals surface area contributed by atoms with E-state index >= 15 is 0 Å². The average Bonchev–Trinajstić information content (AvgIpc) is 2.88. The van der Waals surface area contributed by atoms with E-state index < -0.39 is 60.0 Å². The Kier molecular flexibility index (Phi) is 15.3. The third kappa shape index (κ3) is 9.88. The predicted molar refractivity (Wildman–Crippen MR) is 140 cm³/mol. The van der Waals surface area contributed by atoms with E-state index in [1.54, 1.807) is 0 Å². The first-order chi connectivity index (χ1) is 17.7. The first-order valence-electron chi connectivity index (χ1n) is 13.3. The van der Waals surface area contributed by atoms with Crippen molar-refractivity contribution in [3.63, 3.8) is 0 Å². The maximum Gasteiger partial charge on any atom is 0.305 e. The van der Waals surface area contributed by atoms with Crippen LogP contribution in [-0.4, -0.2) is 98.8 Å². The second-order valence-electron chi connectivity index (χ2n) is 9.92. The summed E-state index contributed by atoms with van der Waals surface area (Å²) in [7, 11) is 0. The number of rotatable bonds is 16. The lowest BCUT2D eigenvalue weighted by Gasteiger charge is -2.48. The summed E-state index contributed by atoms with van der Waals surface area (Å²) in [4.78, 5) is 12.2. The Morgan fingerprint density at radius 3 is 2.16 bits per heavy atom. The summed E-state index contributed by atoms with van der Waals surface area (Å²) in [6, 6.07) is 0. The number of ether oxygens (including phenoxy) is 4. The molecule has 0 saturated carbocycles. The molecule has 4 N–H and O–H groups in total. The van der Waals surface area contributed by atoms with Crippen LogP contribution < -0.4 is 0 Å². The van der Waals surface area contributed by atoms with Crippen LogP contribution in [0.15, 0.2) is 0 Å². The van der Waals surface area contributed by atoms with Crippen molar-refractivity contribution in [3.05, 3.63) is 0 Å². The Balaban J connectivity index is 1.82. The highest BCUT2D eigenvalue weighted by molar-refractivity contribution is 6.21. The number of esters is 1. The van der Waals surface area contributed by atoms with Crippen molar-refractivity contribution < 1.29 is 44.2 Å². The quantitative estimate of drug-likeness (QED) is 0.121. The molecule has 2 saturated heterocycles. The molecule has 0 spiro atoms. The Morgan fingerprint density at radius 1 is 0.946 bits per heavy atom. The van der Waals surface area contributed by atoms with Gasteiger partial charge < -0.3 is 39.4 Å². The van der Waals surface area contributed by atoms with Crippen molar-refractivity contribution in [1.82, 2.24) is 0 Å². The number of halogens is 3. The summed E-state index contributed by atoms with van der Waals surface area (Å²) in [5.74, 6) is -2.73. The lowest BCUT2D eigenvalue weighted by molar-refractivity contribution is -0.393. The molecule has 2 rings (SSSR count). The van der Waals surface area contributed by atoms with Gasteiger partial charge in [0.2, 0.25) is 5.79 Å². The highest BCUT2D eigenvalue weighted by Crippen LogP contribution is 2.37. The maximum absolute atomic E-state index is 12.2. The molecule has 0 aromatic rings. The fourth-order valence-electron chi connectivity index (χ4n) is 4.52. The van der Waals surface area contributed by atoms with Crippen molar-refractivity contribution in [2.24, 2.45) is 0 Å². The van der Waals surface area contributed by atoms with Gasteiger partial charge in [0.1, 0.15) is 37.1 Å². The molecule has 0 aliphatic carbocycles. The summed E-state index contributed by atoms with van der Waals surface area (Å²) >= 11 is 18.1. The van der Waals surface area contributed by atoms with E-state index in [2.05, 4.69) is 6.92 Å². The fourth-order valence-corrected chi connectivity index (χ4v) is 5.37. The molecule has 2 heterocycles. The minimum Gasteiger partial charge on any atom is -0.463 e. The summed E-state index contributed by atoms with van der Waals surface area (Å²) in [6.07, 6.45) is 1.43. The van der Waals surface area contributed by atoms with Crippen LogP contribution in [0.4, 0.5) is 0 Å². The Hall–Kier alpha value is 0.0600. The summed E-state index contributed by atoms with van der Waals surface area (Å²) in [5.41, 5.74) is 0. The van der Waals surface area contributed by atoms with E-state index in [0.717, 1.165) is 25.7 Å². The zero-order chi connectivity index (χ0) is 27.4. The number of hydrogen-bond acceptors (Lipinski definition) is 9. The van der Waals surface area contributed by atoms with Gasteiger partial charge in [-0.1, -0.05) is 58.3 Å². The van der Waals surface area contributed by atoms with Crippen LogP contribution in [-0.2, 0) is 23.7 Å². The molecule has 0 aromatic carbocycles. The van der Waals surface area contributed by atoms with Gasteiger partial charge in [-0.3, -0.25) is 4.79 Å². The second kappa shape index (κ2) is 17.0. The van der Waals surface area contributed by atoms with E-state index in [1.807, 2.05) is 0 Å². The molecule has 37 heavy (non-hydrogen) atoms. The largest absolute Gasteiger partial charge is 0.463 e. The van der Waals surface area contributed by atoms with Crippen LogP contribution in [0.25, 0.3) is 0 Å². The predicted octanol–water partition coefficient (Wildman–Crippen LogP) is 3.21. The van der Waals surface area contributed by atoms with Gasteiger partial charge in [0.15, 0.2) is 6.29 Å². The van der Waals surface area contributed by atoms with Gasteiger partial charge in [0, 0.05) is 12.8 Å². The lowest BCUT2D eigenvalue weighted by atomic mass is 9.96. The van der Waals surface area contributed by atoms with E-state index in [9.17, 15) is 25.2 Å². The Labute approximate surface area is 234 Å². The summed E-state index contributed by atoms with van der Waals surface area (Å²) < 4.78 is 22.5. The molecule has 218 valence electrons. The third-order valence-corrected chi connectivity index (χ3v) is 8.13. The average molecular weight is 594 g/mol. The molecule has 0 amide bonds. The topological polar surface area (TPSA) is 135 Å². The second-order valence-corrected chi connectivity index (χ2v) is 11.0. The van der Waals surface area contributed by atoms with Gasteiger partial charge in [-0.2, -0.15) is 0 Å². The van der Waals surface area contributed by atoms with Gasteiger partial charge in [-0.05, 0) is 6.42 Å². The van der Waals surface area contributed by atoms with Crippen LogP contribution in [0.5, 0.6) is 0 Å². The van der Waals surface area contributed by atoms with Crippen LogP contribution in [0.3, 0.4) is 0 Å². The molecule has 0 bridgehead atoms. The van der Waals surface area contributed by atoms with Crippen LogP contribution in [0.1, 0.15) is 77.6 Å². The molecule has 2 fully saturated rings. The fraction of sp³-hybridized carbons (Fsp3) is 0.960. The summed E-state index contributed by atoms with van der Waals surface area (Å²) in [6.45, 7) is 1.94. The van der Waals surface area contributed by atoms with E-state index in [4.69, 9.17) is 53.8 Å². The first-order valence-corrected chi connectivity index (χ1v) is 14.8. The van der Waals surface area contributed by atoms with Gasteiger partial charge in [0.25, 0.3) is 0 Å². The zero-order valence-electron chi connectivity index (χ0n) is 21.5. The Bertz CT molecular complexity index is 661. The zero-order valence-corrected chi connectivity index (χ0v) is 23.8. The number of carbonyl (C=O) groups is 1. The molecule has 9 atom stereocenters. The first kappa shape index (κ1) is 33.3. The molecule has 0 radical (unpaired) electrons. The molecule has 9 nitrogen and oxygen atoms in total. The highest BCUT2D eigenvalue weighted by atomic mass is 35.5. The number of hydrogen-bond donors (Lipinski definition) is 4. The minimum atomic E-state index is -1.86. The van der Waals surface area contributed by atoms with Crippen molar-refractivity contribution in [2.75, 3.05) is 18.4 Å². The number of aliphatic hydroxyl groups excluding tert-OH is 4. The van der Waals surface area contributed by atoms with E-state index in [1.165, 1.54) is 32.1 Å². The molecule has 0 aromatic heterocycles. The molecule has 2 aliphatic heterocycles. The minimum absolute atomic E-state index is 0.0894. The van der Waals surface area contributed by atoms with Crippen molar-refractivity contribution >= 4 is 40.8 Å². The number of carbonyl (C=O) groups excluding carboxylic acids is 1. The SMILES string of the molecule is CCCCCCCCCCCC(=O)OCC1O[C@H](O[C@@]2(CCl)O[C@H](CCl)C(O)C[C@H]2O)[C@@H](O)C(O)[C@H]1Cl. The smallest absolute Gasteiger partial charge is 0.305 e. The van der Waals surface area contributed by atoms with Crippen molar-refractivity contribution in [2.45, 2.75) is 132 Å². The van der Waals surface area contributed by atoms with Crippen LogP contribution >= 0.6 is 34.8 Å². The van der Waals surface area contributed by atoms with Crippen molar-refractivity contribution in [1.29, 1.82) is 0 Å². The molecule has 3 unspecified atom stereocenters. The highest BCUT2D eigenvalue weighted by Gasteiger charge is 2.54. The molecular formula is C25H43Cl3O9. The molecule has 12 heteroatoms. The molecule has 2 aliphatic rings. The molecular weight excluding hydrogens is 551 g/mol. The normalized spacial score (nSPS) is 36.4. The van der Waals surface area contributed by atoms with Gasteiger partial charge in [-0.25, -0.2) is 0 Å². The van der Waals surface area contributed by atoms with Gasteiger partial charge in [0.05, 0.1) is 23.2 Å². The van der Waals surface area contributed by atoms with Crippen LogP contribution in [0, 0.1) is 0 Å². The number of alkyl halides is 3. The van der Waals surface area contributed by atoms with E-state index in [0.29, 0.717) is 0 Å². The summed E-state index contributed by atoms with van der Waals surface area (Å²) in [5, 5.41) is 40.5. The number of unbranched alkanes of at least 4 members (excludes halogenated alkanes) is 8. The van der Waals surface area contributed by atoms with Crippen LogP contribution in [0.2, 0.25) is 0 Å². The number of aliphatic hydroxyl groups is 4. The monoisotopic (exact) mass is 592 g/mol. The Morgan fingerprint density at radius 2 is 1.57 bits per heavy atom. The van der Waals surface area contributed by atoms with Crippen molar-refractivity contribution in [3.8, 4) is 0 Å². The third-order valence-electron chi connectivity index (χ3n) is 6.92. The van der Waals surface area contributed by atoms with E-state index in [-0.39, 0.29) is 31.2 Å². The van der Waals surface area contributed by atoms with Gasteiger partial charge in [-0.15, -0.1) is 34.8 Å². The maximum atomic E-state index is 12.2. The standard InChI is InChI=1S/C25H43Cl3O9/c1-2-3-4-5-6-7-8-9-10-11-20(31)34-14-18-21(28)22(32)23(33)24(35-18)37-25(15-27)19(30)12-16(29)17(13-26)36-25/h16-19,21-24,29-30,32-33H,2-15H2,1H3/t16?,17-,18?,19-,21+,22?,23+,24-,25-/m1/s1. The lowest BCUT2D eigenvalue weighted by Crippen LogP contribution is -2.65.